The van der Waals surface area contributed by atoms with E-state index in [2.05, 4.69) is 0 Å². The highest BCUT2D eigenvalue weighted by Gasteiger charge is 2.15. The highest BCUT2D eigenvalue weighted by Crippen LogP contribution is 2.35. The van der Waals surface area contributed by atoms with Crippen molar-refractivity contribution < 1.29 is 14.1 Å². The molecule has 0 saturated heterocycles. The van der Waals surface area contributed by atoms with Crippen molar-refractivity contribution in [2.45, 2.75) is 6.92 Å². The standard InChI is InChI=1S/C11H16NO3P/c1-4-15-11(13)8-5-9(12)7-10(6-8)16(2,3)14/h5-7H,4,12H2,1-3H3. The van der Waals surface area contributed by atoms with Gasteiger partial charge in [-0.05, 0) is 38.5 Å². The number of nitrogen functional groups attached to an aromatic ring is 1. The lowest BCUT2D eigenvalue weighted by Gasteiger charge is -2.10. The van der Waals surface area contributed by atoms with Gasteiger partial charge in [0.25, 0.3) is 0 Å². The van der Waals surface area contributed by atoms with Crippen LogP contribution in [0.3, 0.4) is 0 Å². The summed E-state index contributed by atoms with van der Waals surface area (Å²) in [6, 6.07) is 4.73. The van der Waals surface area contributed by atoms with E-state index in [1.165, 1.54) is 6.07 Å². The van der Waals surface area contributed by atoms with E-state index in [0.717, 1.165) is 0 Å². The van der Waals surface area contributed by atoms with Gasteiger partial charge in [0.05, 0.1) is 12.2 Å². The predicted molar refractivity (Wildman–Crippen MR) is 65.9 cm³/mol. The molecule has 0 aliphatic carbocycles. The first-order chi connectivity index (χ1) is 7.34. The predicted octanol–water partition coefficient (Wildman–Crippen LogP) is 1.69. The van der Waals surface area contributed by atoms with Crippen LogP contribution in [0.5, 0.6) is 0 Å². The van der Waals surface area contributed by atoms with Crippen molar-refractivity contribution in [1.29, 1.82) is 0 Å². The van der Waals surface area contributed by atoms with Gasteiger partial charge in [-0.3, -0.25) is 0 Å². The Morgan fingerprint density at radius 2 is 2.00 bits per heavy atom. The maximum Gasteiger partial charge on any atom is 0.338 e. The number of hydrogen-bond acceptors (Lipinski definition) is 4. The molecule has 0 aliphatic heterocycles. The Balaban J connectivity index is 3.18. The Morgan fingerprint density at radius 1 is 1.38 bits per heavy atom. The first-order valence-electron chi connectivity index (χ1n) is 4.98. The molecule has 0 atom stereocenters. The number of hydrogen-bond donors (Lipinski definition) is 1. The van der Waals surface area contributed by atoms with Crippen LogP contribution in [-0.2, 0) is 9.30 Å². The molecule has 1 aromatic rings. The zero-order valence-corrected chi connectivity index (χ0v) is 10.6. The Kier molecular flexibility index (Phi) is 3.76. The van der Waals surface area contributed by atoms with Crippen molar-refractivity contribution in [2.75, 3.05) is 25.7 Å². The molecule has 0 aromatic heterocycles. The molecule has 16 heavy (non-hydrogen) atoms. The average Bonchev–Trinajstić information content (AvgIpc) is 2.16. The topological polar surface area (TPSA) is 69.4 Å². The van der Waals surface area contributed by atoms with Gasteiger partial charge in [0, 0.05) is 11.0 Å². The molecule has 0 radical (unpaired) electrons. The molecule has 1 rings (SSSR count). The van der Waals surface area contributed by atoms with Gasteiger partial charge in [0.2, 0.25) is 0 Å². The molecule has 0 amide bonds. The summed E-state index contributed by atoms with van der Waals surface area (Å²) in [7, 11) is -2.42. The summed E-state index contributed by atoms with van der Waals surface area (Å²) < 4.78 is 16.8. The molecule has 2 N–H and O–H groups in total. The normalized spacial score (nSPS) is 11.2. The minimum atomic E-state index is -2.42. The summed E-state index contributed by atoms with van der Waals surface area (Å²) in [6.45, 7) is 5.31. The second-order valence-electron chi connectivity index (χ2n) is 3.88. The van der Waals surface area contributed by atoms with E-state index in [0.29, 0.717) is 23.2 Å². The number of carbonyl (C=O) groups is 1. The SMILES string of the molecule is CCOC(=O)c1cc(N)cc(P(C)(C)=O)c1. The maximum absolute atomic E-state index is 11.9. The molecule has 0 heterocycles. The van der Waals surface area contributed by atoms with E-state index in [1.807, 2.05) is 0 Å². The lowest BCUT2D eigenvalue weighted by Crippen LogP contribution is -2.11. The number of esters is 1. The first kappa shape index (κ1) is 12.8. The maximum atomic E-state index is 11.9. The third-order valence-corrected chi connectivity index (χ3v) is 3.57. The molecule has 0 aliphatic rings. The molecule has 0 bridgehead atoms. The fraction of sp³-hybridized carbons (Fsp3) is 0.364. The van der Waals surface area contributed by atoms with E-state index in [4.69, 9.17) is 10.5 Å². The summed E-state index contributed by atoms with van der Waals surface area (Å²) in [4.78, 5) is 11.5. The van der Waals surface area contributed by atoms with Gasteiger partial charge in [-0.25, -0.2) is 4.79 Å². The Morgan fingerprint density at radius 3 is 2.50 bits per heavy atom. The van der Waals surface area contributed by atoms with Gasteiger partial charge in [-0.1, -0.05) is 0 Å². The second-order valence-corrected chi connectivity index (χ2v) is 7.10. The highest BCUT2D eigenvalue weighted by molar-refractivity contribution is 7.70. The molecule has 4 nitrogen and oxygen atoms in total. The minimum absolute atomic E-state index is 0.304. The number of nitrogens with two attached hydrogens (primary N) is 1. The Hall–Kier alpha value is -1.28. The highest BCUT2D eigenvalue weighted by atomic mass is 31.2. The third-order valence-electron chi connectivity index (χ3n) is 2.07. The molecule has 0 saturated carbocycles. The van der Waals surface area contributed by atoms with Crippen LogP contribution in [0.2, 0.25) is 0 Å². The number of ether oxygens (including phenoxy) is 1. The third kappa shape index (κ3) is 3.11. The largest absolute Gasteiger partial charge is 0.462 e. The number of rotatable bonds is 3. The monoisotopic (exact) mass is 241 g/mol. The Labute approximate surface area is 95.2 Å². The van der Waals surface area contributed by atoms with Crippen molar-refractivity contribution in [2.24, 2.45) is 0 Å². The van der Waals surface area contributed by atoms with Gasteiger partial charge in [-0.2, -0.15) is 0 Å². The minimum Gasteiger partial charge on any atom is -0.462 e. The Bertz CT molecular complexity index is 451. The van der Waals surface area contributed by atoms with E-state index in [1.54, 1.807) is 32.4 Å². The van der Waals surface area contributed by atoms with Crippen molar-refractivity contribution in [3.63, 3.8) is 0 Å². The van der Waals surface area contributed by atoms with Crippen molar-refractivity contribution in [1.82, 2.24) is 0 Å². The van der Waals surface area contributed by atoms with Crippen LogP contribution >= 0.6 is 7.14 Å². The molecule has 0 spiro atoms. The molecule has 0 unspecified atom stereocenters. The summed E-state index contributed by atoms with van der Waals surface area (Å²) in [5, 5.41) is 0.593. The zero-order valence-electron chi connectivity index (χ0n) is 9.69. The van der Waals surface area contributed by atoms with Gasteiger partial charge in [0.1, 0.15) is 7.14 Å². The lowest BCUT2D eigenvalue weighted by molar-refractivity contribution is 0.0526. The second kappa shape index (κ2) is 4.71. The van der Waals surface area contributed by atoms with Crippen LogP contribution in [0.25, 0.3) is 0 Å². The van der Waals surface area contributed by atoms with Gasteiger partial charge < -0.3 is 15.0 Å². The lowest BCUT2D eigenvalue weighted by atomic mass is 10.2. The van der Waals surface area contributed by atoms with Crippen LogP contribution in [0.15, 0.2) is 18.2 Å². The van der Waals surface area contributed by atoms with E-state index >= 15 is 0 Å². The van der Waals surface area contributed by atoms with Gasteiger partial charge in [0.15, 0.2) is 0 Å². The van der Waals surface area contributed by atoms with Crippen molar-refractivity contribution in [3.05, 3.63) is 23.8 Å². The van der Waals surface area contributed by atoms with Gasteiger partial charge in [-0.15, -0.1) is 0 Å². The van der Waals surface area contributed by atoms with Crippen molar-refractivity contribution >= 4 is 24.1 Å². The number of carbonyl (C=O) groups excluding carboxylic acids is 1. The van der Waals surface area contributed by atoms with Crippen molar-refractivity contribution in [3.8, 4) is 0 Å². The molecule has 5 heteroatoms. The van der Waals surface area contributed by atoms with Crippen LogP contribution < -0.4 is 11.0 Å². The van der Waals surface area contributed by atoms with Crippen LogP contribution in [0, 0.1) is 0 Å². The van der Waals surface area contributed by atoms with Crippen LogP contribution in [0.1, 0.15) is 17.3 Å². The summed E-state index contributed by atoms with van der Waals surface area (Å²) >= 11 is 0. The molecule has 88 valence electrons. The van der Waals surface area contributed by atoms with E-state index < -0.39 is 13.1 Å². The van der Waals surface area contributed by atoms with Gasteiger partial charge >= 0.3 is 5.97 Å². The fourth-order valence-corrected chi connectivity index (χ4v) is 2.19. The summed E-state index contributed by atoms with van der Waals surface area (Å²) in [6.07, 6.45) is 0. The molecular weight excluding hydrogens is 225 g/mol. The fourth-order valence-electron chi connectivity index (χ4n) is 1.28. The zero-order chi connectivity index (χ0) is 12.3. The van der Waals surface area contributed by atoms with Crippen LogP contribution in [-0.4, -0.2) is 25.9 Å². The summed E-state index contributed by atoms with van der Waals surface area (Å²) in [5.41, 5.74) is 6.43. The van der Waals surface area contributed by atoms with Crippen LogP contribution in [0.4, 0.5) is 5.69 Å². The molecular formula is C11H16NO3P. The van der Waals surface area contributed by atoms with E-state index in [9.17, 15) is 9.36 Å². The quantitative estimate of drug-likeness (QED) is 0.496. The number of benzene rings is 1. The molecule has 0 fully saturated rings. The smallest absolute Gasteiger partial charge is 0.338 e. The molecule has 1 aromatic carbocycles. The first-order valence-corrected chi connectivity index (χ1v) is 7.58. The number of anilines is 1. The van der Waals surface area contributed by atoms with E-state index in [-0.39, 0.29) is 0 Å². The summed E-state index contributed by atoms with van der Waals surface area (Å²) in [5.74, 6) is -0.440. The average molecular weight is 241 g/mol.